The highest BCUT2D eigenvalue weighted by Gasteiger charge is 2.55. The molecule has 2 spiro atoms. The predicted octanol–water partition coefficient (Wildman–Crippen LogP) is 6.38. The topological polar surface area (TPSA) is 169 Å². The van der Waals surface area contributed by atoms with Gasteiger partial charge in [0.1, 0.15) is 17.1 Å². The van der Waals surface area contributed by atoms with Crippen LogP contribution in [0.5, 0.6) is 11.5 Å². The van der Waals surface area contributed by atoms with Crippen LogP contribution >= 0.6 is 44.3 Å². The van der Waals surface area contributed by atoms with Crippen molar-refractivity contribution in [2.45, 2.75) is 102 Å². The van der Waals surface area contributed by atoms with Gasteiger partial charge in [-0.05, 0) is 119 Å². The SMILES string of the molecule is CC(C)(C)OC(=O)NC1CC2(C1)CC(Oc1cc(Br)ccc1C(N)=O)C2.Cl.NC(=O)c1ccc(Br)cc1OC1CC2(CC(N)C2)C1. The molecule has 0 bridgehead atoms. The number of rotatable bonds is 7. The number of hydrogen-bond acceptors (Lipinski definition) is 7. The Morgan fingerprint density at radius 1 is 0.761 bits per heavy atom. The molecule has 4 aliphatic rings. The molecule has 0 saturated heterocycles. The summed E-state index contributed by atoms with van der Waals surface area (Å²) >= 11 is 6.77. The van der Waals surface area contributed by atoms with Gasteiger partial charge in [-0.2, -0.15) is 0 Å². The van der Waals surface area contributed by atoms with E-state index in [2.05, 4.69) is 37.2 Å². The number of ether oxygens (including phenoxy) is 3. The average molecular weight is 787 g/mol. The van der Waals surface area contributed by atoms with Crippen LogP contribution in [0.3, 0.4) is 0 Å². The van der Waals surface area contributed by atoms with Crippen LogP contribution in [0, 0.1) is 10.8 Å². The van der Waals surface area contributed by atoms with Crippen LogP contribution in [0.1, 0.15) is 92.9 Å². The summed E-state index contributed by atoms with van der Waals surface area (Å²) in [6.07, 6.45) is 7.89. The van der Waals surface area contributed by atoms with Crippen molar-refractivity contribution in [3.8, 4) is 11.5 Å². The van der Waals surface area contributed by atoms with E-state index in [4.69, 9.17) is 31.4 Å². The van der Waals surface area contributed by atoms with Crippen LogP contribution in [-0.4, -0.2) is 47.8 Å². The summed E-state index contributed by atoms with van der Waals surface area (Å²) in [5, 5.41) is 2.92. The third kappa shape index (κ3) is 8.67. The first-order chi connectivity index (χ1) is 21.0. The summed E-state index contributed by atoms with van der Waals surface area (Å²) in [5.41, 5.74) is 17.6. The standard InChI is InChI=1S/C19H25BrN2O4.C14H17BrN2O2.ClH/c1-18(2,3)26-17(24)22-12-7-19(8-12)9-13(10-19)25-15-6-11(20)4-5-14(15)16(21)23;15-8-1-2-11(13(17)18)12(3-8)19-10-6-14(7-10)4-9(16)5-14;/h4-6,12-13H,7-10H2,1-3H3,(H2,21,23)(H,22,24);1-3,9-10H,4-7,16H2,(H2,17,18);1H. The highest BCUT2D eigenvalue weighted by molar-refractivity contribution is 9.10. The summed E-state index contributed by atoms with van der Waals surface area (Å²) < 4.78 is 18.9. The van der Waals surface area contributed by atoms with E-state index in [1.165, 1.54) is 0 Å². The molecule has 2 aromatic carbocycles. The molecule has 46 heavy (non-hydrogen) atoms. The predicted molar refractivity (Wildman–Crippen MR) is 184 cm³/mol. The molecule has 0 radical (unpaired) electrons. The van der Waals surface area contributed by atoms with E-state index < -0.39 is 17.4 Å². The monoisotopic (exact) mass is 784 g/mol. The largest absolute Gasteiger partial charge is 0.490 e. The van der Waals surface area contributed by atoms with E-state index in [1.807, 2.05) is 20.8 Å². The van der Waals surface area contributed by atoms with Gasteiger partial charge in [-0.1, -0.05) is 31.9 Å². The highest BCUT2D eigenvalue weighted by Crippen LogP contribution is 2.57. The summed E-state index contributed by atoms with van der Waals surface area (Å²) in [5.74, 6) is 0.147. The quantitative estimate of drug-likeness (QED) is 0.253. The maximum atomic E-state index is 11.8. The fourth-order valence-corrected chi connectivity index (χ4v) is 7.89. The Hall–Kier alpha value is -2.54. The molecule has 4 fully saturated rings. The number of carbonyl (C=O) groups excluding carboxylic acids is 3. The van der Waals surface area contributed by atoms with Gasteiger partial charge in [0, 0.05) is 21.0 Å². The van der Waals surface area contributed by atoms with Crippen LogP contribution in [0.2, 0.25) is 0 Å². The molecule has 252 valence electrons. The maximum Gasteiger partial charge on any atom is 0.407 e. The van der Waals surface area contributed by atoms with Crippen LogP contribution in [0.4, 0.5) is 4.79 Å². The molecular weight excluding hydrogens is 744 g/mol. The third-order valence-corrected chi connectivity index (χ3v) is 10.1. The Labute approximate surface area is 292 Å². The first-order valence-corrected chi connectivity index (χ1v) is 16.9. The fraction of sp³-hybridized carbons (Fsp3) is 0.545. The van der Waals surface area contributed by atoms with E-state index in [1.54, 1.807) is 36.4 Å². The number of carbonyl (C=O) groups is 3. The molecule has 0 heterocycles. The number of benzene rings is 2. The minimum absolute atomic E-state index is 0. The molecule has 0 unspecified atom stereocenters. The number of halogens is 3. The smallest absolute Gasteiger partial charge is 0.407 e. The lowest BCUT2D eigenvalue weighted by Gasteiger charge is -2.57. The molecule has 0 atom stereocenters. The lowest BCUT2D eigenvalue weighted by atomic mass is 9.53. The third-order valence-electron chi connectivity index (χ3n) is 9.12. The van der Waals surface area contributed by atoms with Crippen LogP contribution < -0.4 is 32.0 Å². The van der Waals surface area contributed by atoms with Crippen molar-refractivity contribution in [2.75, 3.05) is 0 Å². The lowest BCUT2D eigenvalue weighted by molar-refractivity contribution is -0.0855. The van der Waals surface area contributed by atoms with E-state index in [9.17, 15) is 14.4 Å². The molecule has 0 aliphatic heterocycles. The number of nitrogens with two attached hydrogens (primary N) is 3. The molecule has 10 nitrogen and oxygen atoms in total. The van der Waals surface area contributed by atoms with E-state index in [0.29, 0.717) is 34.1 Å². The van der Waals surface area contributed by atoms with Gasteiger partial charge in [0.2, 0.25) is 0 Å². The number of primary amides is 2. The van der Waals surface area contributed by atoms with E-state index in [-0.39, 0.29) is 42.2 Å². The van der Waals surface area contributed by atoms with Crippen molar-refractivity contribution in [2.24, 2.45) is 28.0 Å². The van der Waals surface area contributed by atoms with Crippen molar-refractivity contribution >= 4 is 62.2 Å². The molecule has 6 rings (SSSR count). The summed E-state index contributed by atoms with van der Waals surface area (Å²) in [6.45, 7) is 5.56. The van der Waals surface area contributed by atoms with Crippen molar-refractivity contribution in [3.05, 3.63) is 56.5 Å². The molecule has 7 N–H and O–H groups in total. The van der Waals surface area contributed by atoms with Gasteiger partial charge >= 0.3 is 6.09 Å². The van der Waals surface area contributed by atoms with Gasteiger partial charge in [0.25, 0.3) is 11.8 Å². The van der Waals surface area contributed by atoms with Crippen LogP contribution in [-0.2, 0) is 4.74 Å². The molecule has 4 aliphatic carbocycles. The average Bonchev–Trinajstić information content (AvgIpc) is 2.83. The number of alkyl carbamates (subject to hydrolysis) is 1. The fourth-order valence-electron chi connectivity index (χ4n) is 7.21. The normalized spacial score (nSPS) is 28.8. The first-order valence-electron chi connectivity index (χ1n) is 15.3. The van der Waals surface area contributed by atoms with Gasteiger partial charge in [0.05, 0.1) is 23.3 Å². The summed E-state index contributed by atoms with van der Waals surface area (Å²) in [7, 11) is 0. The molecular formula is C33H43Br2ClN4O6. The Balaban J connectivity index is 0.000000213. The van der Waals surface area contributed by atoms with Crippen molar-refractivity contribution in [3.63, 3.8) is 0 Å². The van der Waals surface area contributed by atoms with Crippen LogP contribution in [0.25, 0.3) is 0 Å². The van der Waals surface area contributed by atoms with Crippen molar-refractivity contribution in [1.29, 1.82) is 0 Å². The zero-order valence-corrected chi connectivity index (χ0v) is 30.3. The molecule has 2 aromatic rings. The van der Waals surface area contributed by atoms with Gasteiger partial charge < -0.3 is 36.7 Å². The summed E-state index contributed by atoms with van der Waals surface area (Å²) in [6, 6.07) is 11.0. The molecule has 0 aromatic heterocycles. The van der Waals surface area contributed by atoms with Gasteiger partial charge in [-0.25, -0.2) is 4.79 Å². The highest BCUT2D eigenvalue weighted by atomic mass is 79.9. The number of hydrogen-bond donors (Lipinski definition) is 4. The number of amides is 3. The summed E-state index contributed by atoms with van der Waals surface area (Å²) in [4.78, 5) is 34.7. The minimum atomic E-state index is -0.494. The van der Waals surface area contributed by atoms with Crippen LogP contribution in [0.15, 0.2) is 45.3 Å². The van der Waals surface area contributed by atoms with Crippen molar-refractivity contribution in [1.82, 2.24) is 5.32 Å². The Bertz CT molecular complexity index is 1460. The zero-order chi connectivity index (χ0) is 32.7. The molecule has 3 amide bonds. The second kappa shape index (κ2) is 13.9. The van der Waals surface area contributed by atoms with Gasteiger partial charge in [-0.3, -0.25) is 9.59 Å². The van der Waals surface area contributed by atoms with Gasteiger partial charge in [0.15, 0.2) is 0 Å². The maximum absolute atomic E-state index is 11.8. The van der Waals surface area contributed by atoms with Gasteiger partial charge in [-0.15, -0.1) is 12.4 Å². The molecule has 4 saturated carbocycles. The number of nitrogens with one attached hydrogen (secondary N) is 1. The lowest BCUT2D eigenvalue weighted by Crippen LogP contribution is -2.59. The zero-order valence-electron chi connectivity index (χ0n) is 26.3. The van der Waals surface area contributed by atoms with E-state index >= 15 is 0 Å². The Morgan fingerprint density at radius 2 is 1.17 bits per heavy atom. The Kier molecular flexibility index (Phi) is 11.0. The second-order valence-electron chi connectivity index (χ2n) is 14.2. The minimum Gasteiger partial charge on any atom is -0.490 e. The van der Waals surface area contributed by atoms with Crippen molar-refractivity contribution < 1.29 is 28.6 Å². The van der Waals surface area contributed by atoms with E-state index in [0.717, 1.165) is 60.3 Å². The first kappa shape index (κ1) is 36.3. The molecule has 13 heteroatoms. The second-order valence-corrected chi connectivity index (χ2v) is 16.1. The Morgan fingerprint density at radius 3 is 1.54 bits per heavy atom.